The number of nitrogens with zero attached hydrogens (tertiary/aromatic N) is 1. The first-order valence-corrected chi connectivity index (χ1v) is 7.57. The highest BCUT2D eigenvalue weighted by Crippen LogP contribution is 2.32. The fourth-order valence-corrected chi connectivity index (χ4v) is 3.39. The minimum atomic E-state index is -4.45. The monoisotopic (exact) mass is 312 g/mol. The first-order chi connectivity index (χ1) is 8.84. The zero-order valence-electron chi connectivity index (χ0n) is 9.84. The normalized spacial score (nSPS) is 24.2. The molecule has 1 N–H and O–H groups in total. The molecular weight excluding hydrogens is 301 g/mol. The Morgan fingerprint density at radius 2 is 1.95 bits per heavy atom. The summed E-state index contributed by atoms with van der Waals surface area (Å²) in [4.78, 5) is 3.84. The molecule has 3 nitrogen and oxygen atoms in total. The Bertz CT molecular complexity index is 485. The highest BCUT2D eigenvalue weighted by atomic mass is 35.5. The van der Waals surface area contributed by atoms with Gasteiger partial charge in [0.05, 0.1) is 5.56 Å². The van der Waals surface area contributed by atoms with Crippen LogP contribution in [0.3, 0.4) is 0 Å². The quantitative estimate of drug-likeness (QED) is 0.853. The fraction of sp³-hybridized carbons (Fsp3) is 0.545. The zero-order chi connectivity index (χ0) is 14.0. The van der Waals surface area contributed by atoms with Gasteiger partial charge < -0.3 is 5.32 Å². The first-order valence-electron chi connectivity index (χ1n) is 5.71. The summed E-state index contributed by atoms with van der Waals surface area (Å²) >= 11 is 5.60. The van der Waals surface area contributed by atoms with Crippen molar-refractivity contribution >= 4 is 28.2 Å². The van der Waals surface area contributed by atoms with Gasteiger partial charge in [-0.25, -0.2) is 4.98 Å². The molecule has 0 radical (unpaired) electrons. The van der Waals surface area contributed by atoms with Crippen molar-refractivity contribution in [3.05, 3.63) is 22.8 Å². The van der Waals surface area contributed by atoms with Crippen LogP contribution in [-0.4, -0.2) is 26.7 Å². The molecule has 19 heavy (non-hydrogen) atoms. The Morgan fingerprint density at radius 1 is 1.32 bits per heavy atom. The van der Waals surface area contributed by atoms with E-state index in [1.165, 1.54) is 0 Å². The van der Waals surface area contributed by atoms with Crippen LogP contribution >= 0.6 is 11.6 Å². The van der Waals surface area contributed by atoms with Gasteiger partial charge in [0.25, 0.3) is 0 Å². The topological polar surface area (TPSA) is 42.0 Å². The van der Waals surface area contributed by atoms with E-state index in [4.69, 9.17) is 11.6 Å². The highest BCUT2D eigenvalue weighted by Gasteiger charge is 2.31. The predicted octanol–water partition coefficient (Wildman–Crippen LogP) is 3.08. The van der Waals surface area contributed by atoms with Crippen molar-refractivity contribution in [2.75, 3.05) is 16.8 Å². The summed E-state index contributed by atoms with van der Waals surface area (Å²) in [6.07, 6.45) is -3.14. The summed E-state index contributed by atoms with van der Waals surface area (Å²) in [6.45, 7) is 0. The summed E-state index contributed by atoms with van der Waals surface area (Å²) < 4.78 is 49.1. The van der Waals surface area contributed by atoms with E-state index in [0.29, 0.717) is 24.3 Å². The van der Waals surface area contributed by atoms with Gasteiger partial charge in [0.2, 0.25) is 0 Å². The smallest absolute Gasteiger partial charge is 0.367 e. The Morgan fingerprint density at radius 3 is 2.53 bits per heavy atom. The summed E-state index contributed by atoms with van der Waals surface area (Å²) in [5.41, 5.74) is -0.825. The molecule has 0 bridgehead atoms. The second-order valence-electron chi connectivity index (χ2n) is 4.33. The Labute approximate surface area is 116 Å². The molecule has 1 fully saturated rings. The zero-order valence-corrected chi connectivity index (χ0v) is 11.4. The molecule has 1 aliphatic heterocycles. The molecule has 2 rings (SSSR count). The van der Waals surface area contributed by atoms with Crippen molar-refractivity contribution in [3.8, 4) is 0 Å². The van der Waals surface area contributed by atoms with Crippen molar-refractivity contribution in [2.45, 2.75) is 25.1 Å². The molecule has 2 heterocycles. The van der Waals surface area contributed by atoms with Gasteiger partial charge in [-0.1, -0.05) is 11.6 Å². The number of nitrogens with one attached hydrogen (secondary N) is 1. The first kappa shape index (κ1) is 14.6. The third-order valence-electron chi connectivity index (χ3n) is 2.86. The number of halogens is 4. The number of hydrogen-bond donors (Lipinski definition) is 1. The lowest BCUT2D eigenvalue weighted by atomic mass is 10.1. The van der Waals surface area contributed by atoms with E-state index >= 15 is 0 Å². The van der Waals surface area contributed by atoms with Gasteiger partial charge in [-0.05, 0) is 25.0 Å². The van der Waals surface area contributed by atoms with Crippen molar-refractivity contribution < 1.29 is 17.4 Å². The van der Waals surface area contributed by atoms with Gasteiger partial charge >= 0.3 is 6.18 Å². The predicted molar refractivity (Wildman–Crippen MR) is 68.8 cm³/mol. The molecule has 0 saturated carbocycles. The molecular formula is C11H12ClF3N2OS. The molecule has 0 aliphatic carbocycles. The van der Waals surface area contributed by atoms with Crippen molar-refractivity contribution in [3.63, 3.8) is 0 Å². The van der Waals surface area contributed by atoms with E-state index in [1.54, 1.807) is 0 Å². The number of alkyl halides is 3. The molecule has 0 spiro atoms. The lowest BCUT2D eigenvalue weighted by molar-refractivity contribution is -0.137. The Hall–Kier alpha value is -0.820. The summed E-state index contributed by atoms with van der Waals surface area (Å²) in [7, 11) is -0.808. The molecule has 1 aromatic rings. The van der Waals surface area contributed by atoms with Crippen molar-refractivity contribution in [2.24, 2.45) is 0 Å². The van der Waals surface area contributed by atoms with E-state index < -0.39 is 22.5 Å². The maximum atomic E-state index is 12.6. The summed E-state index contributed by atoms with van der Waals surface area (Å²) in [5.74, 6) is 1.23. The van der Waals surface area contributed by atoms with Crippen LogP contribution in [0.2, 0.25) is 5.15 Å². The molecule has 106 valence electrons. The van der Waals surface area contributed by atoms with Crippen LogP contribution in [0.4, 0.5) is 19.0 Å². The van der Waals surface area contributed by atoms with Crippen LogP contribution in [0.15, 0.2) is 12.1 Å². The van der Waals surface area contributed by atoms with Gasteiger partial charge in [-0.3, -0.25) is 4.21 Å². The van der Waals surface area contributed by atoms with Crippen LogP contribution in [0, 0.1) is 0 Å². The van der Waals surface area contributed by atoms with Gasteiger partial charge in [-0.2, -0.15) is 13.2 Å². The second kappa shape index (κ2) is 5.66. The van der Waals surface area contributed by atoms with E-state index in [1.807, 2.05) is 0 Å². The van der Waals surface area contributed by atoms with Gasteiger partial charge in [-0.15, -0.1) is 0 Å². The fourth-order valence-electron chi connectivity index (χ4n) is 1.88. The Kier molecular flexibility index (Phi) is 4.35. The minimum Gasteiger partial charge on any atom is -0.367 e. The van der Waals surface area contributed by atoms with E-state index in [-0.39, 0.29) is 17.0 Å². The minimum absolute atomic E-state index is 0.00949. The maximum Gasteiger partial charge on any atom is 0.416 e. The SMILES string of the molecule is O=S1CCC(Nc2cc(C(F)(F)F)cc(Cl)n2)CC1. The van der Waals surface area contributed by atoms with Gasteiger partial charge in [0.1, 0.15) is 11.0 Å². The van der Waals surface area contributed by atoms with Crippen LogP contribution < -0.4 is 5.32 Å². The lowest BCUT2D eigenvalue weighted by Gasteiger charge is -2.23. The summed E-state index contributed by atoms with van der Waals surface area (Å²) in [5, 5.41) is 2.73. The molecule has 1 aliphatic rings. The van der Waals surface area contributed by atoms with Crippen LogP contribution in [0.1, 0.15) is 18.4 Å². The number of anilines is 1. The van der Waals surface area contributed by atoms with Crippen LogP contribution in [0.5, 0.6) is 0 Å². The van der Waals surface area contributed by atoms with Crippen molar-refractivity contribution in [1.29, 1.82) is 0 Å². The number of aromatic nitrogens is 1. The molecule has 1 aromatic heterocycles. The third kappa shape index (κ3) is 4.07. The van der Waals surface area contributed by atoms with Crippen LogP contribution in [0.25, 0.3) is 0 Å². The third-order valence-corrected chi connectivity index (χ3v) is 4.44. The van der Waals surface area contributed by atoms with E-state index in [9.17, 15) is 17.4 Å². The van der Waals surface area contributed by atoms with Crippen LogP contribution in [-0.2, 0) is 17.0 Å². The molecule has 0 unspecified atom stereocenters. The van der Waals surface area contributed by atoms with Gasteiger partial charge in [0.15, 0.2) is 0 Å². The van der Waals surface area contributed by atoms with Gasteiger partial charge in [0, 0.05) is 28.3 Å². The maximum absolute atomic E-state index is 12.6. The summed E-state index contributed by atoms with van der Waals surface area (Å²) in [6, 6.07) is 1.73. The number of rotatable bonds is 2. The lowest BCUT2D eigenvalue weighted by Crippen LogP contribution is -2.29. The second-order valence-corrected chi connectivity index (χ2v) is 6.41. The molecule has 0 aromatic carbocycles. The van der Waals surface area contributed by atoms with E-state index in [0.717, 1.165) is 12.1 Å². The Balaban J connectivity index is 2.12. The van der Waals surface area contributed by atoms with Crippen molar-refractivity contribution in [1.82, 2.24) is 4.98 Å². The van der Waals surface area contributed by atoms with E-state index in [2.05, 4.69) is 10.3 Å². The molecule has 1 saturated heterocycles. The average molecular weight is 313 g/mol. The molecule has 8 heteroatoms. The average Bonchev–Trinajstić information content (AvgIpc) is 2.30. The highest BCUT2D eigenvalue weighted by molar-refractivity contribution is 7.85. The molecule has 0 atom stereocenters. The number of pyridine rings is 1. The largest absolute Gasteiger partial charge is 0.416 e. The number of hydrogen-bond acceptors (Lipinski definition) is 3. The standard InChI is InChI=1S/C11H12ClF3N2OS/c12-9-5-7(11(13,14)15)6-10(17-9)16-8-1-3-19(18)4-2-8/h5-6,8H,1-4H2,(H,16,17). The molecule has 0 amide bonds.